The zero-order valence-corrected chi connectivity index (χ0v) is 18.9. The van der Waals surface area contributed by atoms with Crippen LogP contribution < -0.4 is 4.74 Å². The molecule has 1 saturated heterocycles. The quantitative estimate of drug-likeness (QED) is 0.446. The molecule has 1 aliphatic heterocycles. The number of nitrogens with zero attached hydrogens (tertiary/aromatic N) is 3. The number of unbranched alkanes of at least 4 members (excludes halogenated alkanes) is 1. The number of hydrogen-bond acceptors (Lipinski definition) is 3. The van der Waals surface area contributed by atoms with Crippen molar-refractivity contribution in [2.75, 3.05) is 19.7 Å². The summed E-state index contributed by atoms with van der Waals surface area (Å²) in [5, 5.41) is 0. The molecule has 0 N–H and O–H groups in total. The third-order valence-corrected chi connectivity index (χ3v) is 6.04. The van der Waals surface area contributed by atoms with Crippen LogP contribution in [0.2, 0.25) is 0 Å². The molecule has 3 aromatic rings. The number of hydrogen-bond donors (Lipinski definition) is 0. The fraction of sp³-hybridized carbons (Fsp3) is 0.462. The Hall–Kier alpha value is -2.82. The Kier molecular flexibility index (Phi) is 6.59. The van der Waals surface area contributed by atoms with Crippen molar-refractivity contribution in [1.82, 2.24) is 14.5 Å². The zero-order valence-electron chi connectivity index (χ0n) is 18.9. The molecule has 4 rings (SSSR count). The molecule has 1 atom stereocenters. The number of para-hydroxylation sites is 2. The SMILES string of the molecule is CCCCN1C[C@@H](c2nc3ccccc3n2CCCOc2cc(C)cc(C)c2)CC1=O. The molecule has 0 radical (unpaired) electrons. The van der Waals surface area contributed by atoms with Crippen molar-refractivity contribution in [3.8, 4) is 5.75 Å². The predicted molar refractivity (Wildman–Crippen MR) is 125 cm³/mol. The fourth-order valence-electron chi connectivity index (χ4n) is 4.58. The van der Waals surface area contributed by atoms with Crippen LogP contribution in [-0.2, 0) is 11.3 Å². The van der Waals surface area contributed by atoms with Crippen LogP contribution in [0.25, 0.3) is 11.0 Å². The van der Waals surface area contributed by atoms with Gasteiger partial charge in [0.2, 0.25) is 5.91 Å². The van der Waals surface area contributed by atoms with Gasteiger partial charge < -0.3 is 14.2 Å². The van der Waals surface area contributed by atoms with Gasteiger partial charge in [-0.3, -0.25) is 4.79 Å². The highest BCUT2D eigenvalue weighted by molar-refractivity contribution is 5.80. The van der Waals surface area contributed by atoms with Crippen molar-refractivity contribution in [3.63, 3.8) is 0 Å². The molecule has 2 aromatic carbocycles. The molecular formula is C26H33N3O2. The molecule has 1 fully saturated rings. The number of carbonyl (C=O) groups is 1. The van der Waals surface area contributed by atoms with Crippen molar-refractivity contribution < 1.29 is 9.53 Å². The summed E-state index contributed by atoms with van der Waals surface area (Å²) in [6.07, 6.45) is 3.62. The topological polar surface area (TPSA) is 47.4 Å². The molecule has 0 saturated carbocycles. The molecule has 2 heterocycles. The van der Waals surface area contributed by atoms with Crippen molar-refractivity contribution in [1.29, 1.82) is 0 Å². The maximum absolute atomic E-state index is 12.5. The first-order valence-electron chi connectivity index (χ1n) is 11.5. The summed E-state index contributed by atoms with van der Waals surface area (Å²) >= 11 is 0. The standard InChI is InChI=1S/C26H33N3O2/c1-4-5-11-28-18-21(17-25(28)30)26-27-23-9-6-7-10-24(23)29(26)12-8-13-31-22-15-19(2)14-20(3)16-22/h6-7,9-10,14-16,21H,4-5,8,11-13,17-18H2,1-3H3/t21-/m0/s1. The summed E-state index contributed by atoms with van der Waals surface area (Å²) < 4.78 is 8.33. The summed E-state index contributed by atoms with van der Waals surface area (Å²) in [4.78, 5) is 19.5. The highest BCUT2D eigenvalue weighted by Crippen LogP contribution is 2.31. The van der Waals surface area contributed by atoms with E-state index in [4.69, 9.17) is 9.72 Å². The molecule has 5 heteroatoms. The van der Waals surface area contributed by atoms with Gasteiger partial charge in [-0.1, -0.05) is 31.5 Å². The number of amides is 1. The summed E-state index contributed by atoms with van der Waals surface area (Å²) in [7, 11) is 0. The maximum Gasteiger partial charge on any atom is 0.223 e. The van der Waals surface area contributed by atoms with Crippen molar-refractivity contribution >= 4 is 16.9 Å². The van der Waals surface area contributed by atoms with Gasteiger partial charge in [-0.2, -0.15) is 0 Å². The molecule has 1 aliphatic rings. The number of ether oxygens (including phenoxy) is 1. The van der Waals surface area contributed by atoms with Crippen LogP contribution in [0.1, 0.15) is 55.5 Å². The van der Waals surface area contributed by atoms with E-state index in [0.29, 0.717) is 13.0 Å². The van der Waals surface area contributed by atoms with E-state index in [1.807, 2.05) is 11.0 Å². The number of imidazole rings is 1. The van der Waals surface area contributed by atoms with Gasteiger partial charge in [0.25, 0.3) is 0 Å². The number of benzene rings is 2. The Labute approximate surface area is 185 Å². The van der Waals surface area contributed by atoms with Crippen molar-refractivity contribution in [3.05, 3.63) is 59.4 Å². The molecular weight excluding hydrogens is 386 g/mol. The molecule has 0 spiro atoms. The average Bonchev–Trinajstić information content (AvgIpc) is 3.29. The van der Waals surface area contributed by atoms with E-state index in [1.54, 1.807) is 0 Å². The number of fused-ring (bicyclic) bond motifs is 1. The smallest absolute Gasteiger partial charge is 0.223 e. The number of likely N-dealkylation sites (tertiary alicyclic amines) is 1. The molecule has 1 aromatic heterocycles. The minimum atomic E-state index is 0.164. The van der Waals surface area contributed by atoms with Crippen LogP contribution in [0, 0.1) is 13.8 Å². The normalized spacial score (nSPS) is 16.4. The lowest BCUT2D eigenvalue weighted by Gasteiger charge is -2.17. The van der Waals surface area contributed by atoms with Gasteiger partial charge in [-0.05, 0) is 62.1 Å². The molecule has 164 valence electrons. The monoisotopic (exact) mass is 419 g/mol. The highest BCUT2D eigenvalue weighted by Gasteiger charge is 2.33. The van der Waals surface area contributed by atoms with Crippen LogP contribution in [0.4, 0.5) is 0 Å². The van der Waals surface area contributed by atoms with E-state index >= 15 is 0 Å². The Morgan fingerprint density at radius 1 is 1.06 bits per heavy atom. The average molecular weight is 420 g/mol. The summed E-state index contributed by atoms with van der Waals surface area (Å²) in [5.74, 6) is 2.40. The van der Waals surface area contributed by atoms with Gasteiger partial charge in [0.15, 0.2) is 0 Å². The largest absolute Gasteiger partial charge is 0.494 e. The summed E-state index contributed by atoms with van der Waals surface area (Å²) in [6.45, 7) is 9.48. The second-order valence-corrected chi connectivity index (χ2v) is 8.73. The van der Waals surface area contributed by atoms with Gasteiger partial charge in [-0.25, -0.2) is 4.98 Å². The predicted octanol–water partition coefficient (Wildman–Crippen LogP) is 5.24. The Balaban J connectivity index is 1.47. The maximum atomic E-state index is 12.5. The minimum absolute atomic E-state index is 0.164. The Morgan fingerprint density at radius 2 is 1.84 bits per heavy atom. The number of rotatable bonds is 9. The Morgan fingerprint density at radius 3 is 2.61 bits per heavy atom. The number of aryl methyl sites for hydroxylation is 3. The minimum Gasteiger partial charge on any atom is -0.494 e. The van der Waals surface area contributed by atoms with Crippen molar-refractivity contribution in [2.45, 2.75) is 58.9 Å². The first kappa shape index (κ1) is 21.4. The molecule has 31 heavy (non-hydrogen) atoms. The van der Waals surface area contributed by atoms with Crippen LogP contribution in [0.3, 0.4) is 0 Å². The molecule has 0 aliphatic carbocycles. The highest BCUT2D eigenvalue weighted by atomic mass is 16.5. The molecule has 5 nitrogen and oxygen atoms in total. The van der Waals surface area contributed by atoms with Crippen LogP contribution in [0.15, 0.2) is 42.5 Å². The van der Waals surface area contributed by atoms with Crippen molar-refractivity contribution in [2.24, 2.45) is 0 Å². The lowest BCUT2D eigenvalue weighted by atomic mass is 10.1. The van der Waals surface area contributed by atoms with Gasteiger partial charge in [0.1, 0.15) is 11.6 Å². The van der Waals surface area contributed by atoms with E-state index < -0.39 is 0 Å². The summed E-state index contributed by atoms with van der Waals surface area (Å²) in [5.41, 5.74) is 4.59. The second-order valence-electron chi connectivity index (χ2n) is 8.73. The third-order valence-electron chi connectivity index (χ3n) is 6.04. The molecule has 0 unspecified atom stereocenters. The zero-order chi connectivity index (χ0) is 21.8. The first-order chi connectivity index (χ1) is 15.0. The van der Waals surface area contributed by atoms with Gasteiger partial charge >= 0.3 is 0 Å². The third kappa shape index (κ3) is 4.92. The number of carbonyl (C=O) groups excluding carboxylic acids is 1. The molecule has 0 bridgehead atoms. The van der Waals surface area contributed by atoms with E-state index in [2.05, 4.69) is 61.7 Å². The van der Waals surface area contributed by atoms with Gasteiger partial charge in [-0.15, -0.1) is 0 Å². The molecule has 1 amide bonds. The fourth-order valence-corrected chi connectivity index (χ4v) is 4.58. The van der Waals surface area contributed by atoms with E-state index in [9.17, 15) is 4.79 Å². The van der Waals surface area contributed by atoms with Crippen LogP contribution in [-0.4, -0.2) is 40.1 Å². The summed E-state index contributed by atoms with van der Waals surface area (Å²) in [6, 6.07) is 14.6. The lowest BCUT2D eigenvalue weighted by Crippen LogP contribution is -2.26. The van der Waals surface area contributed by atoms with Crippen LogP contribution in [0.5, 0.6) is 5.75 Å². The second kappa shape index (κ2) is 9.54. The van der Waals surface area contributed by atoms with E-state index in [1.165, 1.54) is 11.1 Å². The number of aromatic nitrogens is 2. The van der Waals surface area contributed by atoms with E-state index in [-0.39, 0.29) is 11.8 Å². The lowest BCUT2D eigenvalue weighted by molar-refractivity contribution is -0.127. The Bertz CT molecular complexity index is 1040. The first-order valence-corrected chi connectivity index (χ1v) is 11.5. The van der Waals surface area contributed by atoms with Crippen LogP contribution >= 0.6 is 0 Å². The van der Waals surface area contributed by atoms with Gasteiger partial charge in [0, 0.05) is 32.0 Å². The van der Waals surface area contributed by atoms with E-state index in [0.717, 1.165) is 61.5 Å². The van der Waals surface area contributed by atoms with Gasteiger partial charge in [0.05, 0.1) is 17.6 Å².